The van der Waals surface area contributed by atoms with Gasteiger partial charge in [0.1, 0.15) is 4.32 Å². The Kier molecular flexibility index (Phi) is 5.24. The first-order valence-corrected chi connectivity index (χ1v) is 8.70. The average molecular weight is 330 g/mol. The van der Waals surface area contributed by atoms with E-state index in [0.29, 0.717) is 0 Å². The molecule has 22 heavy (non-hydrogen) atoms. The molecule has 0 N–H and O–H groups in total. The number of aromatic nitrogens is 2. The number of nitrogens with zero attached hydrogens (tertiary/aromatic N) is 4. The standard InChI is InChI=1S/C16H18N4S2/c21-16(22-13-14-5-2-1-3-6-14)20-11-9-19(10-12-20)15-17-7-4-8-18-15/h1-8H,9-13H2. The van der Waals surface area contributed by atoms with Gasteiger partial charge in [-0.3, -0.25) is 0 Å². The fourth-order valence-electron chi connectivity index (χ4n) is 2.35. The second-order valence-corrected chi connectivity index (χ2v) is 6.67. The van der Waals surface area contributed by atoms with Gasteiger partial charge in [-0.1, -0.05) is 54.3 Å². The topological polar surface area (TPSA) is 32.3 Å². The van der Waals surface area contributed by atoms with E-state index in [0.717, 1.165) is 42.2 Å². The van der Waals surface area contributed by atoms with Crippen molar-refractivity contribution in [3.8, 4) is 0 Å². The van der Waals surface area contributed by atoms with Gasteiger partial charge in [0.15, 0.2) is 0 Å². The maximum Gasteiger partial charge on any atom is 0.225 e. The highest BCUT2D eigenvalue weighted by Gasteiger charge is 2.20. The lowest BCUT2D eigenvalue weighted by Gasteiger charge is -2.35. The highest BCUT2D eigenvalue weighted by Crippen LogP contribution is 2.18. The van der Waals surface area contributed by atoms with E-state index in [9.17, 15) is 0 Å². The number of benzene rings is 1. The van der Waals surface area contributed by atoms with Crippen molar-refractivity contribution in [2.75, 3.05) is 31.1 Å². The number of thioether (sulfide) groups is 1. The van der Waals surface area contributed by atoms with Crippen LogP contribution in [-0.4, -0.2) is 45.4 Å². The Balaban J connectivity index is 1.48. The third-order valence-electron chi connectivity index (χ3n) is 3.58. The fourth-order valence-corrected chi connectivity index (χ4v) is 3.56. The van der Waals surface area contributed by atoms with Crippen LogP contribution in [0.4, 0.5) is 5.95 Å². The van der Waals surface area contributed by atoms with Crippen LogP contribution in [-0.2, 0) is 5.75 Å². The maximum absolute atomic E-state index is 5.57. The highest BCUT2D eigenvalue weighted by molar-refractivity contribution is 8.22. The van der Waals surface area contributed by atoms with Gasteiger partial charge in [0, 0.05) is 44.3 Å². The molecule has 0 bridgehead atoms. The van der Waals surface area contributed by atoms with E-state index in [1.54, 1.807) is 24.2 Å². The molecular weight excluding hydrogens is 312 g/mol. The molecule has 4 nitrogen and oxygen atoms in total. The van der Waals surface area contributed by atoms with Gasteiger partial charge in [0.2, 0.25) is 5.95 Å². The monoisotopic (exact) mass is 330 g/mol. The number of anilines is 1. The maximum atomic E-state index is 5.57. The molecule has 1 fully saturated rings. The molecule has 6 heteroatoms. The van der Waals surface area contributed by atoms with Gasteiger partial charge in [-0.15, -0.1) is 0 Å². The van der Waals surface area contributed by atoms with Crippen LogP contribution in [0.3, 0.4) is 0 Å². The van der Waals surface area contributed by atoms with E-state index >= 15 is 0 Å². The third-order valence-corrected chi connectivity index (χ3v) is 5.17. The minimum absolute atomic E-state index is 0.810. The summed E-state index contributed by atoms with van der Waals surface area (Å²) < 4.78 is 0.984. The molecule has 1 aliphatic heterocycles. The van der Waals surface area contributed by atoms with Gasteiger partial charge in [0.05, 0.1) is 0 Å². The summed E-state index contributed by atoms with van der Waals surface area (Å²) in [5.41, 5.74) is 1.31. The minimum atomic E-state index is 0.810. The Hall–Kier alpha value is -1.66. The molecular formula is C16H18N4S2. The molecule has 0 radical (unpaired) electrons. The van der Waals surface area contributed by atoms with Gasteiger partial charge in [-0.2, -0.15) is 0 Å². The number of piperazine rings is 1. The molecule has 1 aromatic heterocycles. The Morgan fingerprint density at radius 3 is 2.36 bits per heavy atom. The van der Waals surface area contributed by atoms with Crippen LogP contribution in [0.15, 0.2) is 48.8 Å². The summed E-state index contributed by atoms with van der Waals surface area (Å²) in [5, 5.41) is 0. The molecule has 0 saturated carbocycles. The van der Waals surface area contributed by atoms with Crippen molar-refractivity contribution in [2.24, 2.45) is 0 Å². The fraction of sp³-hybridized carbons (Fsp3) is 0.312. The summed E-state index contributed by atoms with van der Waals surface area (Å²) in [6.45, 7) is 3.68. The van der Waals surface area contributed by atoms with Crippen molar-refractivity contribution >= 4 is 34.2 Å². The van der Waals surface area contributed by atoms with E-state index < -0.39 is 0 Å². The molecule has 1 aliphatic rings. The van der Waals surface area contributed by atoms with Gasteiger partial charge in [-0.05, 0) is 11.6 Å². The highest BCUT2D eigenvalue weighted by atomic mass is 32.2. The van der Waals surface area contributed by atoms with Gasteiger partial charge in [0.25, 0.3) is 0 Å². The Morgan fingerprint density at radius 2 is 1.68 bits per heavy atom. The summed E-state index contributed by atoms with van der Waals surface area (Å²) in [7, 11) is 0. The van der Waals surface area contributed by atoms with Gasteiger partial charge in [-0.25, -0.2) is 9.97 Å². The zero-order valence-corrected chi connectivity index (χ0v) is 13.9. The SMILES string of the molecule is S=C(SCc1ccccc1)N1CCN(c2ncccn2)CC1. The minimum Gasteiger partial charge on any atom is -0.354 e. The van der Waals surface area contributed by atoms with Crippen molar-refractivity contribution in [3.63, 3.8) is 0 Å². The molecule has 2 heterocycles. The predicted octanol–water partition coefficient (Wildman–Crippen LogP) is 2.82. The second kappa shape index (κ2) is 7.56. The first kappa shape index (κ1) is 15.2. The summed E-state index contributed by atoms with van der Waals surface area (Å²) >= 11 is 7.31. The lowest BCUT2D eigenvalue weighted by Crippen LogP contribution is -2.48. The van der Waals surface area contributed by atoms with Crippen LogP contribution < -0.4 is 4.90 Å². The largest absolute Gasteiger partial charge is 0.354 e. The first-order chi connectivity index (χ1) is 10.8. The zero-order valence-electron chi connectivity index (χ0n) is 12.3. The molecule has 1 aromatic carbocycles. The van der Waals surface area contributed by atoms with E-state index in [2.05, 4.69) is 44.0 Å². The van der Waals surface area contributed by atoms with Crippen LogP contribution in [0.25, 0.3) is 0 Å². The third kappa shape index (κ3) is 3.96. The summed E-state index contributed by atoms with van der Waals surface area (Å²) in [6.07, 6.45) is 3.57. The van der Waals surface area contributed by atoms with Gasteiger partial charge >= 0.3 is 0 Å². The van der Waals surface area contributed by atoms with Crippen LogP contribution in [0.2, 0.25) is 0 Å². The Morgan fingerprint density at radius 1 is 1.00 bits per heavy atom. The molecule has 0 amide bonds. The quantitative estimate of drug-likeness (QED) is 0.805. The molecule has 0 spiro atoms. The van der Waals surface area contributed by atoms with E-state index in [-0.39, 0.29) is 0 Å². The van der Waals surface area contributed by atoms with Crippen molar-refractivity contribution in [1.29, 1.82) is 0 Å². The molecule has 0 atom stereocenters. The van der Waals surface area contributed by atoms with E-state index in [4.69, 9.17) is 12.2 Å². The van der Waals surface area contributed by atoms with Crippen LogP contribution >= 0.6 is 24.0 Å². The number of thiocarbonyl (C=S) groups is 1. The van der Waals surface area contributed by atoms with Crippen molar-refractivity contribution in [1.82, 2.24) is 14.9 Å². The summed E-state index contributed by atoms with van der Waals surface area (Å²) in [4.78, 5) is 13.1. The molecule has 2 aromatic rings. The van der Waals surface area contributed by atoms with Crippen LogP contribution in [0.5, 0.6) is 0 Å². The molecule has 0 unspecified atom stereocenters. The number of hydrogen-bond acceptors (Lipinski definition) is 5. The first-order valence-electron chi connectivity index (χ1n) is 7.30. The second-order valence-electron chi connectivity index (χ2n) is 5.06. The van der Waals surface area contributed by atoms with Crippen LogP contribution in [0.1, 0.15) is 5.56 Å². The lowest BCUT2D eigenvalue weighted by atomic mass is 10.2. The smallest absolute Gasteiger partial charge is 0.225 e. The van der Waals surface area contributed by atoms with Crippen molar-refractivity contribution in [3.05, 3.63) is 54.4 Å². The van der Waals surface area contributed by atoms with E-state index in [1.807, 2.05) is 12.1 Å². The number of rotatable bonds is 3. The van der Waals surface area contributed by atoms with Crippen molar-refractivity contribution < 1.29 is 0 Å². The van der Waals surface area contributed by atoms with E-state index in [1.165, 1.54) is 5.56 Å². The average Bonchev–Trinajstić information content (AvgIpc) is 2.61. The normalized spacial score (nSPS) is 14.9. The lowest BCUT2D eigenvalue weighted by molar-refractivity contribution is 0.394. The Labute approximate surface area is 140 Å². The van der Waals surface area contributed by atoms with Crippen molar-refractivity contribution in [2.45, 2.75) is 5.75 Å². The summed E-state index contributed by atoms with van der Waals surface area (Å²) in [6, 6.07) is 12.3. The predicted molar refractivity (Wildman–Crippen MR) is 96.2 cm³/mol. The number of hydrogen-bond donors (Lipinski definition) is 0. The molecule has 114 valence electrons. The Bertz CT molecular complexity index is 598. The van der Waals surface area contributed by atoms with Gasteiger partial charge < -0.3 is 9.80 Å². The summed E-state index contributed by atoms with van der Waals surface area (Å²) in [5.74, 6) is 1.74. The van der Waals surface area contributed by atoms with Crippen LogP contribution in [0, 0.1) is 0 Å². The zero-order chi connectivity index (χ0) is 15.2. The molecule has 3 rings (SSSR count). The molecule has 1 saturated heterocycles. The molecule has 0 aliphatic carbocycles.